The van der Waals surface area contributed by atoms with Crippen molar-refractivity contribution in [3.05, 3.63) is 52.2 Å². The van der Waals surface area contributed by atoms with E-state index in [9.17, 15) is 9.59 Å². The Labute approximate surface area is 138 Å². The number of carboxylic acids is 1. The number of rotatable bonds is 7. The van der Waals surface area contributed by atoms with Crippen molar-refractivity contribution >= 4 is 23.2 Å². The maximum Gasteiger partial charge on any atom is 0.341 e. The van der Waals surface area contributed by atoms with Gasteiger partial charge in [-0.05, 0) is 53.9 Å². The highest BCUT2D eigenvalue weighted by Crippen LogP contribution is 2.21. The van der Waals surface area contributed by atoms with Gasteiger partial charge in [0.2, 0.25) is 5.91 Å². The monoisotopic (exact) mass is 333 g/mol. The van der Waals surface area contributed by atoms with Crippen molar-refractivity contribution in [1.82, 2.24) is 5.32 Å². The Morgan fingerprint density at radius 2 is 1.87 bits per heavy atom. The van der Waals surface area contributed by atoms with Gasteiger partial charge in [0.25, 0.3) is 0 Å². The third-order valence-corrected chi connectivity index (χ3v) is 4.24. The maximum absolute atomic E-state index is 12.3. The molecule has 2 unspecified atom stereocenters. The van der Waals surface area contributed by atoms with Crippen LogP contribution in [0.25, 0.3) is 0 Å². The maximum atomic E-state index is 12.3. The summed E-state index contributed by atoms with van der Waals surface area (Å²) >= 11 is 1.57. The Hall–Kier alpha value is -2.34. The molecule has 2 rings (SSSR count). The van der Waals surface area contributed by atoms with E-state index in [0.29, 0.717) is 5.75 Å². The first kappa shape index (κ1) is 17.0. The van der Waals surface area contributed by atoms with Crippen LogP contribution >= 0.6 is 11.3 Å². The fraction of sp³-hybridized carbons (Fsp3) is 0.294. The highest BCUT2D eigenvalue weighted by atomic mass is 32.1. The second-order valence-electron chi connectivity index (χ2n) is 5.26. The third-order valence-electron chi connectivity index (χ3n) is 3.54. The molecule has 0 bridgehead atoms. The van der Waals surface area contributed by atoms with E-state index in [2.05, 4.69) is 5.32 Å². The Morgan fingerprint density at radius 3 is 2.43 bits per heavy atom. The molecule has 2 aromatic rings. The SMILES string of the molecule is CC(NC(=O)C(C)c1ccsc1)c1ccc(OCC(=O)O)cc1. The molecule has 2 N–H and O–H groups in total. The Kier molecular flexibility index (Phi) is 5.76. The summed E-state index contributed by atoms with van der Waals surface area (Å²) in [5.41, 5.74) is 1.94. The number of benzene rings is 1. The molecule has 2 atom stereocenters. The summed E-state index contributed by atoms with van der Waals surface area (Å²) in [6.45, 7) is 3.42. The van der Waals surface area contributed by atoms with Crippen LogP contribution in [0.15, 0.2) is 41.1 Å². The van der Waals surface area contributed by atoms with E-state index in [1.54, 1.807) is 23.5 Å². The van der Waals surface area contributed by atoms with Gasteiger partial charge in [-0.3, -0.25) is 4.79 Å². The van der Waals surface area contributed by atoms with E-state index in [4.69, 9.17) is 9.84 Å². The molecule has 1 amide bonds. The number of amides is 1. The van der Waals surface area contributed by atoms with Crippen molar-refractivity contribution in [2.24, 2.45) is 0 Å². The molecular weight excluding hydrogens is 314 g/mol. The topological polar surface area (TPSA) is 75.6 Å². The largest absolute Gasteiger partial charge is 0.482 e. The minimum atomic E-state index is -1.02. The summed E-state index contributed by atoms with van der Waals surface area (Å²) < 4.78 is 5.08. The lowest BCUT2D eigenvalue weighted by atomic mass is 10.0. The first-order valence-corrected chi connectivity index (χ1v) is 8.18. The number of carbonyl (C=O) groups excluding carboxylic acids is 1. The van der Waals surface area contributed by atoms with Crippen molar-refractivity contribution < 1.29 is 19.4 Å². The Balaban J connectivity index is 1.93. The van der Waals surface area contributed by atoms with Crippen LogP contribution in [0.1, 0.15) is 36.9 Å². The number of thiophene rings is 1. The van der Waals surface area contributed by atoms with E-state index in [0.717, 1.165) is 11.1 Å². The highest BCUT2D eigenvalue weighted by molar-refractivity contribution is 7.08. The normalized spacial score (nSPS) is 13.1. The molecule has 0 aliphatic carbocycles. The molecule has 0 fully saturated rings. The van der Waals surface area contributed by atoms with Gasteiger partial charge < -0.3 is 15.2 Å². The molecule has 0 spiro atoms. The number of ether oxygens (including phenoxy) is 1. The van der Waals surface area contributed by atoms with Crippen LogP contribution in [0.5, 0.6) is 5.75 Å². The van der Waals surface area contributed by atoms with Gasteiger partial charge in [0.15, 0.2) is 6.61 Å². The molecule has 6 heteroatoms. The molecule has 23 heavy (non-hydrogen) atoms. The third kappa shape index (κ3) is 4.82. The molecule has 0 saturated carbocycles. The molecule has 5 nitrogen and oxygen atoms in total. The number of hydrogen-bond acceptors (Lipinski definition) is 4. The van der Waals surface area contributed by atoms with E-state index >= 15 is 0 Å². The fourth-order valence-corrected chi connectivity index (χ4v) is 2.85. The number of aliphatic carboxylic acids is 1. The molecule has 122 valence electrons. The van der Waals surface area contributed by atoms with Crippen LogP contribution in [-0.2, 0) is 9.59 Å². The zero-order valence-corrected chi connectivity index (χ0v) is 13.8. The molecule has 1 heterocycles. The second-order valence-corrected chi connectivity index (χ2v) is 6.04. The second kappa shape index (κ2) is 7.78. The van der Waals surface area contributed by atoms with Crippen LogP contribution in [0.3, 0.4) is 0 Å². The van der Waals surface area contributed by atoms with Crippen LogP contribution < -0.4 is 10.1 Å². The molecule has 0 radical (unpaired) electrons. The van der Waals surface area contributed by atoms with Gasteiger partial charge in [0, 0.05) is 0 Å². The molecule has 0 aliphatic heterocycles. The fourth-order valence-electron chi connectivity index (χ4n) is 2.09. The van der Waals surface area contributed by atoms with Crippen LogP contribution in [0, 0.1) is 0 Å². The van der Waals surface area contributed by atoms with Crippen molar-refractivity contribution in [3.63, 3.8) is 0 Å². The molecule has 1 aromatic carbocycles. The number of carboxylic acid groups (broad SMARTS) is 1. The summed E-state index contributed by atoms with van der Waals surface area (Å²) in [5, 5.41) is 15.5. The van der Waals surface area contributed by atoms with Gasteiger partial charge in [-0.1, -0.05) is 12.1 Å². The summed E-state index contributed by atoms with van der Waals surface area (Å²) in [4.78, 5) is 22.7. The number of nitrogens with one attached hydrogen (secondary N) is 1. The highest BCUT2D eigenvalue weighted by Gasteiger charge is 2.18. The Morgan fingerprint density at radius 1 is 1.17 bits per heavy atom. The first-order valence-electron chi connectivity index (χ1n) is 7.24. The van der Waals surface area contributed by atoms with Crippen molar-refractivity contribution in [2.45, 2.75) is 25.8 Å². The van der Waals surface area contributed by atoms with Crippen LogP contribution in [-0.4, -0.2) is 23.6 Å². The van der Waals surface area contributed by atoms with E-state index in [1.807, 2.05) is 42.8 Å². The van der Waals surface area contributed by atoms with Gasteiger partial charge in [0.1, 0.15) is 5.75 Å². The van der Waals surface area contributed by atoms with E-state index in [1.165, 1.54) is 0 Å². The minimum absolute atomic E-state index is 0.0258. The standard InChI is InChI=1S/C17H19NO4S/c1-11(14-7-8-23-10-14)17(21)18-12(2)13-3-5-15(6-4-13)22-9-16(19)20/h3-8,10-12H,9H2,1-2H3,(H,18,21)(H,19,20). The molecule has 0 saturated heterocycles. The van der Waals surface area contributed by atoms with Crippen LogP contribution in [0.2, 0.25) is 0 Å². The van der Waals surface area contributed by atoms with Crippen LogP contribution in [0.4, 0.5) is 0 Å². The Bertz CT molecular complexity index is 652. The predicted molar refractivity (Wildman–Crippen MR) is 88.9 cm³/mol. The summed E-state index contributed by atoms with van der Waals surface area (Å²) in [5.74, 6) is -0.748. The van der Waals surface area contributed by atoms with Gasteiger partial charge >= 0.3 is 5.97 Å². The lowest BCUT2D eigenvalue weighted by Crippen LogP contribution is -2.30. The van der Waals surface area contributed by atoms with Gasteiger partial charge in [-0.25, -0.2) is 4.79 Å². The van der Waals surface area contributed by atoms with Crippen molar-refractivity contribution in [2.75, 3.05) is 6.61 Å². The smallest absolute Gasteiger partial charge is 0.341 e. The van der Waals surface area contributed by atoms with E-state index < -0.39 is 5.97 Å². The number of carbonyl (C=O) groups is 2. The number of hydrogen-bond donors (Lipinski definition) is 2. The lowest BCUT2D eigenvalue weighted by molar-refractivity contribution is -0.139. The average Bonchev–Trinajstić information content (AvgIpc) is 3.06. The van der Waals surface area contributed by atoms with Gasteiger partial charge in [-0.15, -0.1) is 0 Å². The van der Waals surface area contributed by atoms with E-state index in [-0.39, 0.29) is 24.5 Å². The van der Waals surface area contributed by atoms with Gasteiger partial charge in [0.05, 0.1) is 12.0 Å². The van der Waals surface area contributed by atoms with Crippen molar-refractivity contribution in [3.8, 4) is 5.75 Å². The van der Waals surface area contributed by atoms with Gasteiger partial charge in [-0.2, -0.15) is 11.3 Å². The van der Waals surface area contributed by atoms with Crippen molar-refractivity contribution in [1.29, 1.82) is 0 Å². The summed E-state index contributed by atoms with van der Waals surface area (Å²) in [6.07, 6.45) is 0. The summed E-state index contributed by atoms with van der Waals surface area (Å²) in [6, 6.07) is 8.84. The summed E-state index contributed by atoms with van der Waals surface area (Å²) in [7, 11) is 0. The lowest BCUT2D eigenvalue weighted by Gasteiger charge is -2.18. The first-order chi connectivity index (χ1) is 11.0. The average molecular weight is 333 g/mol. The quantitative estimate of drug-likeness (QED) is 0.816. The minimum Gasteiger partial charge on any atom is -0.482 e. The molecule has 0 aliphatic rings. The molecular formula is C17H19NO4S. The zero-order chi connectivity index (χ0) is 16.8. The predicted octanol–water partition coefficient (Wildman–Crippen LogP) is 3.19. The molecule has 1 aromatic heterocycles. The zero-order valence-electron chi connectivity index (χ0n) is 13.0.